The third kappa shape index (κ3) is 2.40. The predicted molar refractivity (Wildman–Crippen MR) is 67.5 cm³/mol. The molecule has 0 aromatic carbocycles. The zero-order valence-electron chi connectivity index (χ0n) is 10.1. The molecule has 4 nitrogen and oxygen atoms in total. The minimum atomic E-state index is 0.462. The first-order valence-electron chi connectivity index (χ1n) is 6.05. The van der Waals surface area contributed by atoms with Gasteiger partial charge < -0.3 is 10.6 Å². The molecule has 2 N–H and O–H groups in total. The van der Waals surface area contributed by atoms with E-state index < -0.39 is 0 Å². The molecule has 0 aliphatic heterocycles. The van der Waals surface area contributed by atoms with E-state index in [9.17, 15) is 0 Å². The summed E-state index contributed by atoms with van der Waals surface area (Å²) in [4.78, 5) is 6.36. The van der Waals surface area contributed by atoms with Crippen LogP contribution in [0.4, 0.5) is 5.69 Å². The number of pyridine rings is 1. The van der Waals surface area contributed by atoms with Gasteiger partial charge in [0.2, 0.25) is 0 Å². The first-order chi connectivity index (χ1) is 8.26. The van der Waals surface area contributed by atoms with Gasteiger partial charge in [-0.25, -0.2) is 4.98 Å². The van der Waals surface area contributed by atoms with E-state index in [0.29, 0.717) is 17.7 Å². The fourth-order valence-electron chi connectivity index (χ4n) is 2.65. The van der Waals surface area contributed by atoms with Gasteiger partial charge in [0.15, 0.2) is 0 Å². The highest BCUT2D eigenvalue weighted by atomic mass is 15.1. The van der Waals surface area contributed by atoms with Crippen LogP contribution in [0.25, 0.3) is 0 Å². The highest BCUT2D eigenvalue weighted by Crippen LogP contribution is 2.31. The molecule has 1 saturated carbocycles. The Bertz CT molecular complexity index is 406. The zero-order chi connectivity index (χ0) is 12.3. The number of nitriles is 1. The van der Waals surface area contributed by atoms with E-state index in [2.05, 4.69) is 16.9 Å². The smallest absolute Gasteiger partial charge is 0.140 e. The average Bonchev–Trinajstić information content (AvgIpc) is 2.86. The molecule has 1 aromatic heterocycles. The second kappa shape index (κ2) is 5.15. The minimum absolute atomic E-state index is 0.462. The Morgan fingerprint density at radius 1 is 1.53 bits per heavy atom. The third-order valence-corrected chi connectivity index (χ3v) is 3.69. The zero-order valence-corrected chi connectivity index (χ0v) is 10.1. The van der Waals surface area contributed by atoms with Gasteiger partial charge in [-0.2, -0.15) is 5.26 Å². The SMILES string of the molecule is CN(c1ccc(C#N)nc1)C1CCCC1CN. The van der Waals surface area contributed by atoms with Gasteiger partial charge in [0.1, 0.15) is 11.8 Å². The lowest BCUT2D eigenvalue weighted by Crippen LogP contribution is -2.37. The van der Waals surface area contributed by atoms with Gasteiger partial charge in [-0.1, -0.05) is 6.42 Å². The Kier molecular flexibility index (Phi) is 3.60. The molecule has 1 aliphatic rings. The number of nitrogens with two attached hydrogens (primary N) is 1. The van der Waals surface area contributed by atoms with E-state index in [4.69, 9.17) is 11.0 Å². The normalized spacial score (nSPS) is 23.4. The highest BCUT2D eigenvalue weighted by Gasteiger charge is 2.29. The molecule has 17 heavy (non-hydrogen) atoms. The monoisotopic (exact) mass is 230 g/mol. The molecule has 1 aliphatic carbocycles. The van der Waals surface area contributed by atoms with Crippen LogP contribution in [0.2, 0.25) is 0 Å². The molecule has 90 valence electrons. The van der Waals surface area contributed by atoms with Gasteiger partial charge in [0.05, 0.1) is 11.9 Å². The molecule has 0 bridgehead atoms. The molecule has 1 aromatic rings. The van der Waals surface area contributed by atoms with Gasteiger partial charge in [-0.15, -0.1) is 0 Å². The standard InChI is InChI=1S/C13H18N4/c1-17(13-4-2-3-10(13)7-14)12-6-5-11(8-15)16-9-12/h5-6,9-10,13H,2-4,7,14H2,1H3. The van der Waals surface area contributed by atoms with Crippen LogP contribution in [-0.2, 0) is 0 Å². The van der Waals surface area contributed by atoms with E-state index in [0.717, 1.165) is 12.2 Å². The van der Waals surface area contributed by atoms with E-state index >= 15 is 0 Å². The Balaban J connectivity index is 2.13. The molecule has 0 amide bonds. The third-order valence-electron chi connectivity index (χ3n) is 3.69. The molecule has 1 fully saturated rings. The van der Waals surface area contributed by atoms with Crippen LogP contribution in [0.15, 0.2) is 18.3 Å². The van der Waals surface area contributed by atoms with Crippen molar-refractivity contribution in [3.8, 4) is 6.07 Å². The maximum absolute atomic E-state index is 8.72. The lowest BCUT2D eigenvalue weighted by atomic mass is 10.0. The van der Waals surface area contributed by atoms with Crippen molar-refractivity contribution in [2.75, 3.05) is 18.5 Å². The van der Waals surface area contributed by atoms with Crippen LogP contribution >= 0.6 is 0 Å². The summed E-state index contributed by atoms with van der Waals surface area (Å²) in [5.41, 5.74) is 7.33. The van der Waals surface area contributed by atoms with Crippen molar-refractivity contribution in [2.45, 2.75) is 25.3 Å². The summed E-state index contributed by atoms with van der Waals surface area (Å²) in [5, 5.41) is 8.72. The Morgan fingerprint density at radius 2 is 2.35 bits per heavy atom. The lowest BCUT2D eigenvalue weighted by molar-refractivity contribution is 0.474. The number of aromatic nitrogens is 1. The first-order valence-corrected chi connectivity index (χ1v) is 6.05. The number of anilines is 1. The van der Waals surface area contributed by atoms with E-state index in [1.807, 2.05) is 12.1 Å². The van der Waals surface area contributed by atoms with Gasteiger partial charge in [-0.05, 0) is 37.4 Å². The van der Waals surface area contributed by atoms with Gasteiger partial charge in [-0.3, -0.25) is 0 Å². The van der Waals surface area contributed by atoms with Crippen molar-refractivity contribution in [2.24, 2.45) is 11.7 Å². The van der Waals surface area contributed by atoms with Crippen LogP contribution < -0.4 is 10.6 Å². The van der Waals surface area contributed by atoms with E-state index in [1.54, 1.807) is 12.3 Å². The summed E-state index contributed by atoms with van der Waals surface area (Å²) in [6.07, 6.45) is 5.43. The maximum Gasteiger partial charge on any atom is 0.140 e. The quantitative estimate of drug-likeness (QED) is 0.855. The Labute approximate surface area is 102 Å². The number of nitrogens with zero attached hydrogens (tertiary/aromatic N) is 3. The van der Waals surface area contributed by atoms with Crippen LogP contribution in [0, 0.1) is 17.2 Å². The average molecular weight is 230 g/mol. The second-order valence-corrected chi connectivity index (χ2v) is 4.62. The maximum atomic E-state index is 8.72. The molecule has 0 saturated heterocycles. The highest BCUT2D eigenvalue weighted by molar-refractivity contribution is 5.46. The van der Waals surface area contributed by atoms with Crippen molar-refractivity contribution in [3.05, 3.63) is 24.0 Å². The van der Waals surface area contributed by atoms with Gasteiger partial charge in [0.25, 0.3) is 0 Å². The molecular weight excluding hydrogens is 212 g/mol. The van der Waals surface area contributed by atoms with Crippen molar-refractivity contribution in [1.29, 1.82) is 5.26 Å². The largest absolute Gasteiger partial charge is 0.370 e. The summed E-state index contributed by atoms with van der Waals surface area (Å²) in [6.45, 7) is 0.749. The summed E-state index contributed by atoms with van der Waals surface area (Å²) >= 11 is 0. The second-order valence-electron chi connectivity index (χ2n) is 4.62. The number of rotatable bonds is 3. The molecule has 2 rings (SSSR count). The van der Waals surface area contributed by atoms with Crippen LogP contribution in [0.1, 0.15) is 25.0 Å². The van der Waals surface area contributed by atoms with Crippen molar-refractivity contribution in [3.63, 3.8) is 0 Å². The molecule has 4 heteroatoms. The Hall–Kier alpha value is -1.60. The molecule has 0 spiro atoms. The summed E-state index contributed by atoms with van der Waals surface area (Å²) < 4.78 is 0. The Morgan fingerprint density at radius 3 is 2.94 bits per heavy atom. The van der Waals surface area contributed by atoms with Crippen LogP contribution in [0.3, 0.4) is 0 Å². The van der Waals surface area contributed by atoms with Gasteiger partial charge >= 0.3 is 0 Å². The van der Waals surface area contributed by atoms with Crippen molar-refractivity contribution in [1.82, 2.24) is 4.98 Å². The van der Waals surface area contributed by atoms with Crippen molar-refractivity contribution < 1.29 is 0 Å². The topological polar surface area (TPSA) is 65.9 Å². The van der Waals surface area contributed by atoms with Crippen LogP contribution in [0.5, 0.6) is 0 Å². The minimum Gasteiger partial charge on any atom is -0.370 e. The molecule has 0 radical (unpaired) electrons. The number of hydrogen-bond donors (Lipinski definition) is 1. The van der Waals surface area contributed by atoms with E-state index in [-0.39, 0.29) is 0 Å². The predicted octanol–water partition coefficient (Wildman–Crippen LogP) is 1.52. The molecule has 2 unspecified atom stereocenters. The van der Waals surface area contributed by atoms with Crippen molar-refractivity contribution >= 4 is 5.69 Å². The summed E-state index contributed by atoms with van der Waals surface area (Å²) in [7, 11) is 2.09. The first kappa shape index (κ1) is 11.9. The molecule has 2 atom stereocenters. The summed E-state index contributed by atoms with van der Waals surface area (Å²) in [5.74, 6) is 0.579. The molecular formula is C13H18N4. The fourth-order valence-corrected chi connectivity index (χ4v) is 2.65. The van der Waals surface area contributed by atoms with Gasteiger partial charge in [0, 0.05) is 13.1 Å². The summed E-state index contributed by atoms with van der Waals surface area (Å²) in [6, 6.07) is 6.26. The lowest BCUT2D eigenvalue weighted by Gasteiger charge is -2.30. The van der Waals surface area contributed by atoms with Crippen LogP contribution in [-0.4, -0.2) is 24.6 Å². The number of hydrogen-bond acceptors (Lipinski definition) is 4. The van der Waals surface area contributed by atoms with E-state index in [1.165, 1.54) is 19.3 Å². The molecule has 1 heterocycles. The fraction of sp³-hybridized carbons (Fsp3) is 0.538.